The van der Waals surface area contributed by atoms with Gasteiger partial charge in [-0.1, -0.05) is 20.8 Å². The Bertz CT molecular complexity index is 424. The van der Waals surface area contributed by atoms with Gasteiger partial charge >= 0.3 is 0 Å². The average molecular weight is 281 g/mol. The first kappa shape index (κ1) is 15.0. The number of aliphatic hydroxyl groups is 1. The molecule has 2 nitrogen and oxygen atoms in total. The van der Waals surface area contributed by atoms with Crippen molar-refractivity contribution in [3.8, 4) is 0 Å². The van der Waals surface area contributed by atoms with Gasteiger partial charge in [0.2, 0.25) is 0 Å². The summed E-state index contributed by atoms with van der Waals surface area (Å²) >= 11 is 2.01. The van der Waals surface area contributed by atoms with Crippen LogP contribution in [0.25, 0.3) is 0 Å². The molecule has 19 heavy (non-hydrogen) atoms. The summed E-state index contributed by atoms with van der Waals surface area (Å²) in [4.78, 5) is 0. The second kappa shape index (κ2) is 5.92. The smallest absolute Gasteiger partial charge is 0.0812 e. The standard InChI is InChI=1S/C16H27NOS/c1-5-19-9-7-12(2)17-8-6-13-14(17)10-16(3,4)11-15(13)18/h6,8,12,15,18H,5,7,9-11H2,1-4H3. The highest BCUT2D eigenvalue weighted by Crippen LogP contribution is 2.42. The Kier molecular flexibility index (Phi) is 4.67. The third-order valence-corrected chi connectivity index (χ3v) is 5.10. The second-order valence-electron chi connectivity index (χ2n) is 6.52. The predicted octanol–water partition coefficient (Wildman–Crippen LogP) is 4.20. The first-order chi connectivity index (χ1) is 8.94. The summed E-state index contributed by atoms with van der Waals surface area (Å²) < 4.78 is 2.40. The monoisotopic (exact) mass is 281 g/mol. The molecule has 2 unspecified atom stereocenters. The number of rotatable bonds is 5. The van der Waals surface area contributed by atoms with Gasteiger partial charge in [-0.15, -0.1) is 0 Å². The molecule has 0 spiro atoms. The van der Waals surface area contributed by atoms with E-state index in [1.165, 1.54) is 23.6 Å². The molecule has 0 radical (unpaired) electrons. The quantitative estimate of drug-likeness (QED) is 0.818. The van der Waals surface area contributed by atoms with Crippen LogP contribution >= 0.6 is 11.8 Å². The van der Waals surface area contributed by atoms with E-state index in [4.69, 9.17) is 0 Å². The summed E-state index contributed by atoms with van der Waals surface area (Å²) in [7, 11) is 0. The van der Waals surface area contributed by atoms with E-state index in [1.54, 1.807) is 0 Å². The molecule has 2 atom stereocenters. The average Bonchev–Trinajstić information content (AvgIpc) is 2.71. The van der Waals surface area contributed by atoms with E-state index in [0.717, 1.165) is 18.4 Å². The molecule has 0 saturated carbocycles. The van der Waals surface area contributed by atoms with Crippen molar-refractivity contribution < 1.29 is 5.11 Å². The summed E-state index contributed by atoms with van der Waals surface area (Å²) in [5, 5.41) is 10.3. The van der Waals surface area contributed by atoms with Crippen LogP contribution in [0.5, 0.6) is 0 Å². The molecule has 0 aromatic carbocycles. The summed E-state index contributed by atoms with van der Waals surface area (Å²) in [6, 6.07) is 2.66. The van der Waals surface area contributed by atoms with Crippen LogP contribution in [0, 0.1) is 5.41 Å². The molecule has 108 valence electrons. The van der Waals surface area contributed by atoms with Crippen LogP contribution in [-0.4, -0.2) is 21.2 Å². The number of thioether (sulfide) groups is 1. The van der Waals surface area contributed by atoms with Crippen molar-refractivity contribution in [2.75, 3.05) is 11.5 Å². The minimum Gasteiger partial charge on any atom is -0.388 e. The minimum absolute atomic E-state index is 0.209. The molecule has 0 bridgehead atoms. The highest BCUT2D eigenvalue weighted by atomic mass is 32.2. The number of aromatic nitrogens is 1. The molecule has 1 heterocycles. The zero-order valence-corrected chi connectivity index (χ0v) is 13.5. The first-order valence-corrected chi connectivity index (χ1v) is 8.55. The van der Waals surface area contributed by atoms with Crippen LogP contribution in [0.2, 0.25) is 0 Å². The zero-order valence-electron chi connectivity index (χ0n) is 12.6. The van der Waals surface area contributed by atoms with Gasteiger partial charge in [0, 0.05) is 23.5 Å². The van der Waals surface area contributed by atoms with Gasteiger partial charge in [0.1, 0.15) is 0 Å². The summed E-state index contributed by atoms with van der Waals surface area (Å²) in [6.07, 6.45) is 5.06. The topological polar surface area (TPSA) is 25.2 Å². The fourth-order valence-electron chi connectivity index (χ4n) is 3.10. The fourth-order valence-corrected chi connectivity index (χ4v) is 3.90. The van der Waals surface area contributed by atoms with Crippen molar-refractivity contribution >= 4 is 11.8 Å². The van der Waals surface area contributed by atoms with Crippen molar-refractivity contribution in [2.45, 2.75) is 59.1 Å². The SMILES string of the molecule is CCSCCC(C)n1ccc2c1CC(C)(C)CC2O. The molecule has 1 aliphatic rings. The van der Waals surface area contributed by atoms with Gasteiger partial charge in [-0.05, 0) is 49.2 Å². The normalized spacial score (nSPS) is 23.1. The highest BCUT2D eigenvalue weighted by Gasteiger charge is 2.33. The van der Waals surface area contributed by atoms with E-state index >= 15 is 0 Å². The Balaban J connectivity index is 2.15. The molecule has 3 heteroatoms. The number of nitrogens with zero attached hydrogens (tertiary/aromatic N) is 1. The lowest BCUT2D eigenvalue weighted by atomic mass is 9.75. The molecule has 0 saturated heterocycles. The molecular formula is C16H27NOS. The molecule has 1 aromatic heterocycles. The lowest BCUT2D eigenvalue weighted by Crippen LogP contribution is -2.27. The van der Waals surface area contributed by atoms with Crippen LogP contribution in [0.15, 0.2) is 12.3 Å². The summed E-state index contributed by atoms with van der Waals surface area (Å²) in [5.41, 5.74) is 2.73. The minimum atomic E-state index is -0.280. The number of fused-ring (bicyclic) bond motifs is 1. The van der Waals surface area contributed by atoms with Crippen molar-refractivity contribution in [1.29, 1.82) is 0 Å². The number of aliphatic hydroxyl groups excluding tert-OH is 1. The highest BCUT2D eigenvalue weighted by molar-refractivity contribution is 7.99. The largest absolute Gasteiger partial charge is 0.388 e. The third kappa shape index (κ3) is 3.38. The molecule has 0 fully saturated rings. The molecule has 2 rings (SSSR count). The van der Waals surface area contributed by atoms with Gasteiger partial charge in [0.25, 0.3) is 0 Å². The van der Waals surface area contributed by atoms with Crippen LogP contribution in [0.1, 0.15) is 63.9 Å². The Morgan fingerprint density at radius 2 is 2.26 bits per heavy atom. The van der Waals surface area contributed by atoms with Gasteiger partial charge in [-0.2, -0.15) is 11.8 Å². The fraction of sp³-hybridized carbons (Fsp3) is 0.750. The van der Waals surface area contributed by atoms with E-state index in [-0.39, 0.29) is 11.5 Å². The van der Waals surface area contributed by atoms with E-state index in [1.807, 2.05) is 11.8 Å². The Morgan fingerprint density at radius 1 is 1.53 bits per heavy atom. The van der Waals surface area contributed by atoms with Crippen molar-refractivity contribution in [2.24, 2.45) is 5.41 Å². The molecule has 1 aliphatic carbocycles. The van der Waals surface area contributed by atoms with Crippen molar-refractivity contribution in [3.63, 3.8) is 0 Å². The van der Waals surface area contributed by atoms with E-state index in [2.05, 4.69) is 44.5 Å². The third-order valence-electron chi connectivity index (χ3n) is 4.17. The molecule has 0 amide bonds. The van der Waals surface area contributed by atoms with Gasteiger partial charge in [0.15, 0.2) is 0 Å². The van der Waals surface area contributed by atoms with Gasteiger partial charge in [-0.25, -0.2) is 0 Å². The Morgan fingerprint density at radius 3 is 2.95 bits per heavy atom. The van der Waals surface area contributed by atoms with E-state index in [0.29, 0.717) is 6.04 Å². The maximum Gasteiger partial charge on any atom is 0.0812 e. The number of hydrogen-bond donors (Lipinski definition) is 1. The van der Waals surface area contributed by atoms with Gasteiger partial charge in [-0.3, -0.25) is 0 Å². The predicted molar refractivity (Wildman–Crippen MR) is 83.8 cm³/mol. The second-order valence-corrected chi connectivity index (χ2v) is 7.91. The van der Waals surface area contributed by atoms with Crippen LogP contribution in [-0.2, 0) is 6.42 Å². The Labute approximate surface area is 121 Å². The number of hydrogen-bond acceptors (Lipinski definition) is 2. The van der Waals surface area contributed by atoms with Gasteiger partial charge in [0.05, 0.1) is 6.10 Å². The molecule has 0 aliphatic heterocycles. The lowest BCUT2D eigenvalue weighted by Gasteiger charge is -2.34. The molecule has 1 N–H and O–H groups in total. The Hall–Kier alpha value is -0.410. The summed E-state index contributed by atoms with van der Waals surface area (Å²) in [6.45, 7) is 9.03. The van der Waals surface area contributed by atoms with Crippen molar-refractivity contribution in [3.05, 3.63) is 23.5 Å². The zero-order chi connectivity index (χ0) is 14.0. The van der Waals surface area contributed by atoms with Crippen molar-refractivity contribution in [1.82, 2.24) is 4.57 Å². The van der Waals surface area contributed by atoms with Crippen LogP contribution in [0.4, 0.5) is 0 Å². The van der Waals surface area contributed by atoms with Crippen LogP contribution in [0.3, 0.4) is 0 Å². The maximum atomic E-state index is 10.3. The van der Waals surface area contributed by atoms with E-state index in [9.17, 15) is 5.11 Å². The first-order valence-electron chi connectivity index (χ1n) is 7.40. The molecule has 1 aromatic rings. The van der Waals surface area contributed by atoms with Gasteiger partial charge < -0.3 is 9.67 Å². The lowest BCUT2D eigenvalue weighted by molar-refractivity contribution is 0.0975. The van der Waals surface area contributed by atoms with Crippen LogP contribution < -0.4 is 0 Å². The van der Waals surface area contributed by atoms with E-state index < -0.39 is 0 Å². The molecular weight excluding hydrogens is 254 g/mol. The maximum absolute atomic E-state index is 10.3. The summed E-state index contributed by atoms with van der Waals surface area (Å²) in [5.74, 6) is 2.42.